The van der Waals surface area contributed by atoms with Crippen LogP contribution in [0, 0.1) is 0 Å². The minimum Gasteiger partial charge on any atom is -0.355 e. The first-order valence-electron chi connectivity index (χ1n) is 4.88. The van der Waals surface area contributed by atoms with Gasteiger partial charge < -0.3 is 4.90 Å². The van der Waals surface area contributed by atoms with Gasteiger partial charge in [-0.15, -0.1) is 0 Å². The summed E-state index contributed by atoms with van der Waals surface area (Å²) >= 11 is 5.33. The van der Waals surface area contributed by atoms with Gasteiger partial charge in [-0.3, -0.25) is 0 Å². The van der Waals surface area contributed by atoms with Crippen LogP contribution in [0.25, 0.3) is 0 Å². The van der Waals surface area contributed by atoms with Gasteiger partial charge in [-0.2, -0.15) is 11.8 Å². The van der Waals surface area contributed by atoms with Crippen molar-refractivity contribution >= 4 is 33.5 Å². The second-order valence-corrected chi connectivity index (χ2v) is 5.09. The molecule has 0 saturated carbocycles. The molecule has 84 valence electrons. The third-order valence-electron chi connectivity index (χ3n) is 2.36. The molecule has 0 saturated heterocycles. The van der Waals surface area contributed by atoms with Crippen molar-refractivity contribution in [3.63, 3.8) is 0 Å². The van der Waals surface area contributed by atoms with Crippen molar-refractivity contribution in [1.29, 1.82) is 0 Å². The number of halogens is 1. The third kappa shape index (κ3) is 3.34. The smallest absolute Gasteiger partial charge is 0.146 e. The van der Waals surface area contributed by atoms with Crippen LogP contribution in [0.15, 0.2) is 17.0 Å². The Kier molecular flexibility index (Phi) is 5.39. The van der Waals surface area contributed by atoms with Crippen LogP contribution in [0.2, 0.25) is 0 Å². The summed E-state index contributed by atoms with van der Waals surface area (Å²) in [5.74, 6) is 2.08. The highest BCUT2D eigenvalue weighted by Crippen LogP contribution is 2.24. The molecule has 0 aliphatic rings. The molecular formula is C10H16BrN3S. The van der Waals surface area contributed by atoms with Crippen LogP contribution in [0.1, 0.15) is 13.3 Å². The third-order valence-corrected chi connectivity index (χ3v) is 3.64. The number of hydrogen-bond donors (Lipinski definition) is 0. The predicted octanol–water partition coefficient (Wildman–Crippen LogP) is 2.82. The minimum absolute atomic E-state index is 0.520. The molecule has 1 aromatic heterocycles. The molecule has 0 bridgehead atoms. The Morgan fingerprint density at radius 1 is 1.60 bits per heavy atom. The Hall–Kier alpha value is -0.290. The van der Waals surface area contributed by atoms with E-state index in [0.29, 0.717) is 6.04 Å². The van der Waals surface area contributed by atoms with E-state index in [1.54, 1.807) is 12.5 Å². The van der Waals surface area contributed by atoms with Crippen molar-refractivity contribution < 1.29 is 0 Å². The monoisotopic (exact) mass is 289 g/mol. The highest BCUT2D eigenvalue weighted by Gasteiger charge is 2.15. The fourth-order valence-corrected chi connectivity index (χ4v) is 2.78. The first-order chi connectivity index (χ1) is 7.20. The number of anilines is 1. The Balaban J connectivity index is 2.82. The molecule has 1 aromatic rings. The molecule has 0 N–H and O–H groups in total. The van der Waals surface area contributed by atoms with E-state index in [2.05, 4.69) is 51.0 Å². The van der Waals surface area contributed by atoms with Gasteiger partial charge in [0, 0.05) is 25.0 Å². The maximum Gasteiger partial charge on any atom is 0.146 e. The predicted molar refractivity (Wildman–Crippen MR) is 70.6 cm³/mol. The summed E-state index contributed by atoms with van der Waals surface area (Å²) in [5, 5.41) is 0. The molecule has 0 aliphatic carbocycles. The van der Waals surface area contributed by atoms with Crippen molar-refractivity contribution in [2.24, 2.45) is 0 Å². The quantitative estimate of drug-likeness (QED) is 0.834. The zero-order chi connectivity index (χ0) is 11.3. The van der Waals surface area contributed by atoms with Gasteiger partial charge in [-0.05, 0) is 28.6 Å². The van der Waals surface area contributed by atoms with Gasteiger partial charge in [0.25, 0.3) is 0 Å². The molecule has 0 aromatic carbocycles. The molecule has 3 nitrogen and oxygen atoms in total. The lowest BCUT2D eigenvalue weighted by Crippen LogP contribution is -2.34. The number of rotatable bonds is 5. The van der Waals surface area contributed by atoms with Gasteiger partial charge in [-0.25, -0.2) is 9.97 Å². The summed E-state index contributed by atoms with van der Waals surface area (Å²) in [6, 6.07) is 0.520. The van der Waals surface area contributed by atoms with Crippen LogP contribution in [0.4, 0.5) is 5.82 Å². The molecule has 0 radical (unpaired) electrons. The molecule has 0 amide bonds. The summed E-state index contributed by atoms with van der Waals surface area (Å²) in [4.78, 5) is 10.5. The SMILES string of the molecule is CCC(CSC)N(C)c1ncncc1Br. The van der Waals surface area contributed by atoms with E-state index in [1.165, 1.54) is 0 Å². The Bertz CT molecular complexity index is 308. The van der Waals surface area contributed by atoms with Crippen LogP contribution >= 0.6 is 27.7 Å². The molecule has 1 rings (SSSR count). The fourth-order valence-electron chi connectivity index (χ4n) is 1.43. The Morgan fingerprint density at radius 3 is 2.87 bits per heavy atom. The Morgan fingerprint density at radius 2 is 2.33 bits per heavy atom. The maximum absolute atomic E-state index is 4.29. The zero-order valence-electron chi connectivity index (χ0n) is 9.27. The molecule has 0 fully saturated rings. The van der Waals surface area contributed by atoms with Crippen LogP contribution in [-0.4, -0.2) is 35.1 Å². The first kappa shape index (κ1) is 12.8. The van der Waals surface area contributed by atoms with Crippen LogP contribution in [-0.2, 0) is 0 Å². The standard InChI is InChI=1S/C10H16BrN3S/c1-4-8(6-15-3)14(2)10-9(11)5-12-7-13-10/h5,7-8H,4,6H2,1-3H3. The maximum atomic E-state index is 4.29. The number of nitrogens with zero attached hydrogens (tertiary/aromatic N) is 3. The van der Waals surface area contributed by atoms with E-state index in [4.69, 9.17) is 0 Å². The molecular weight excluding hydrogens is 274 g/mol. The lowest BCUT2D eigenvalue weighted by molar-refractivity contribution is 0.664. The van der Waals surface area contributed by atoms with E-state index < -0.39 is 0 Å². The van der Waals surface area contributed by atoms with Crippen molar-refractivity contribution in [2.45, 2.75) is 19.4 Å². The van der Waals surface area contributed by atoms with Crippen molar-refractivity contribution in [1.82, 2.24) is 9.97 Å². The van der Waals surface area contributed by atoms with Crippen molar-refractivity contribution in [3.8, 4) is 0 Å². The topological polar surface area (TPSA) is 29.0 Å². The van der Waals surface area contributed by atoms with Gasteiger partial charge in [0.1, 0.15) is 12.1 Å². The average Bonchev–Trinajstić information content (AvgIpc) is 2.25. The Labute approximate surface area is 104 Å². The number of thioether (sulfide) groups is 1. The molecule has 1 heterocycles. The molecule has 5 heteroatoms. The van der Waals surface area contributed by atoms with E-state index in [9.17, 15) is 0 Å². The molecule has 1 atom stereocenters. The molecule has 1 unspecified atom stereocenters. The summed E-state index contributed by atoms with van der Waals surface area (Å²) < 4.78 is 0.951. The van der Waals surface area contributed by atoms with Crippen molar-refractivity contribution in [3.05, 3.63) is 17.0 Å². The van der Waals surface area contributed by atoms with E-state index in [-0.39, 0.29) is 0 Å². The molecule has 0 spiro atoms. The molecule has 0 aliphatic heterocycles. The summed E-state index contributed by atoms with van der Waals surface area (Å²) in [6.07, 6.45) is 6.62. The van der Waals surface area contributed by atoms with Gasteiger partial charge in [-0.1, -0.05) is 6.92 Å². The highest BCUT2D eigenvalue weighted by molar-refractivity contribution is 9.10. The fraction of sp³-hybridized carbons (Fsp3) is 0.600. The van der Waals surface area contributed by atoms with E-state index in [0.717, 1.165) is 22.5 Å². The van der Waals surface area contributed by atoms with Crippen LogP contribution in [0.3, 0.4) is 0 Å². The minimum atomic E-state index is 0.520. The normalized spacial score (nSPS) is 12.5. The number of aromatic nitrogens is 2. The van der Waals surface area contributed by atoms with E-state index >= 15 is 0 Å². The van der Waals surface area contributed by atoms with Gasteiger partial charge >= 0.3 is 0 Å². The van der Waals surface area contributed by atoms with Crippen LogP contribution in [0.5, 0.6) is 0 Å². The molecule has 15 heavy (non-hydrogen) atoms. The lowest BCUT2D eigenvalue weighted by atomic mass is 10.2. The van der Waals surface area contributed by atoms with E-state index in [1.807, 2.05) is 11.8 Å². The zero-order valence-corrected chi connectivity index (χ0v) is 11.7. The largest absolute Gasteiger partial charge is 0.355 e. The average molecular weight is 290 g/mol. The second kappa shape index (κ2) is 6.33. The van der Waals surface area contributed by atoms with Crippen LogP contribution < -0.4 is 4.90 Å². The number of hydrogen-bond acceptors (Lipinski definition) is 4. The first-order valence-corrected chi connectivity index (χ1v) is 7.06. The van der Waals surface area contributed by atoms with Gasteiger partial charge in [0.05, 0.1) is 4.47 Å². The van der Waals surface area contributed by atoms with Gasteiger partial charge in [0.15, 0.2) is 0 Å². The van der Waals surface area contributed by atoms with Gasteiger partial charge in [0.2, 0.25) is 0 Å². The summed E-state index contributed by atoms with van der Waals surface area (Å²) in [6.45, 7) is 2.20. The second-order valence-electron chi connectivity index (χ2n) is 3.32. The summed E-state index contributed by atoms with van der Waals surface area (Å²) in [7, 11) is 2.08. The lowest BCUT2D eigenvalue weighted by Gasteiger charge is -2.28. The highest BCUT2D eigenvalue weighted by atomic mass is 79.9. The summed E-state index contributed by atoms with van der Waals surface area (Å²) in [5.41, 5.74) is 0. The van der Waals surface area contributed by atoms with Crippen molar-refractivity contribution in [2.75, 3.05) is 24.0 Å².